The topological polar surface area (TPSA) is 54.2 Å². The Morgan fingerprint density at radius 1 is 1.35 bits per heavy atom. The Bertz CT molecular complexity index is 704. The lowest BCUT2D eigenvalue weighted by atomic mass is 9.84. The van der Waals surface area contributed by atoms with Crippen LogP contribution >= 0.6 is 35.6 Å². The summed E-state index contributed by atoms with van der Waals surface area (Å²) in [4.78, 5) is 8.26. The van der Waals surface area contributed by atoms with Gasteiger partial charge in [0.1, 0.15) is 5.82 Å². The maximum Gasteiger partial charge on any atom is 0.191 e. The fraction of sp³-hybridized carbons (Fsp3) is 0.444. The Hall–Kier alpha value is -1.35. The fourth-order valence-electron chi connectivity index (χ4n) is 2.55. The predicted octanol–water partition coefficient (Wildman–Crippen LogP) is 3.83. The van der Waals surface area contributed by atoms with Crippen LogP contribution in [0, 0.1) is 5.82 Å². The molecule has 2 rings (SSSR count). The van der Waals surface area contributed by atoms with Gasteiger partial charge in [0.05, 0.1) is 6.33 Å². The first kappa shape index (κ1) is 22.7. The van der Waals surface area contributed by atoms with Gasteiger partial charge in [0.25, 0.3) is 0 Å². The van der Waals surface area contributed by atoms with Crippen molar-refractivity contribution >= 4 is 41.5 Å². The Morgan fingerprint density at radius 3 is 2.73 bits per heavy atom. The van der Waals surface area contributed by atoms with Gasteiger partial charge in [-0.3, -0.25) is 4.99 Å². The summed E-state index contributed by atoms with van der Waals surface area (Å²) in [6, 6.07) is 4.52. The largest absolute Gasteiger partial charge is 0.356 e. The van der Waals surface area contributed by atoms with E-state index in [4.69, 9.17) is 11.6 Å². The second kappa shape index (κ2) is 10.7. The number of aromatic nitrogens is 2. The number of benzene rings is 1. The summed E-state index contributed by atoms with van der Waals surface area (Å²) in [6.45, 7) is 6.45. The molecule has 0 bridgehead atoms. The number of nitrogens with zero attached hydrogens (tertiary/aromatic N) is 3. The maximum atomic E-state index is 13.2. The van der Waals surface area contributed by atoms with E-state index in [1.165, 1.54) is 12.1 Å². The smallest absolute Gasteiger partial charge is 0.191 e. The second-order valence-electron chi connectivity index (χ2n) is 6.51. The van der Waals surface area contributed by atoms with Crippen molar-refractivity contribution < 1.29 is 4.39 Å². The fourth-order valence-corrected chi connectivity index (χ4v) is 2.97. The van der Waals surface area contributed by atoms with Gasteiger partial charge in [0, 0.05) is 49.5 Å². The minimum Gasteiger partial charge on any atom is -0.356 e. The molecule has 0 aliphatic rings. The first-order valence-corrected chi connectivity index (χ1v) is 8.66. The molecule has 0 spiro atoms. The van der Waals surface area contributed by atoms with Crippen LogP contribution in [0.1, 0.15) is 25.8 Å². The van der Waals surface area contributed by atoms with Crippen LogP contribution in [0.2, 0.25) is 5.02 Å². The molecule has 0 saturated carbocycles. The van der Waals surface area contributed by atoms with Gasteiger partial charge < -0.3 is 15.2 Å². The number of guanidine groups is 1. The molecular formula is C18H26ClFIN5. The molecule has 0 fully saturated rings. The van der Waals surface area contributed by atoms with E-state index in [0.717, 1.165) is 31.0 Å². The predicted molar refractivity (Wildman–Crippen MR) is 116 cm³/mol. The number of rotatable bonds is 7. The molecule has 0 atom stereocenters. The van der Waals surface area contributed by atoms with Crippen molar-refractivity contribution in [1.82, 2.24) is 20.2 Å². The summed E-state index contributed by atoms with van der Waals surface area (Å²) >= 11 is 6.19. The van der Waals surface area contributed by atoms with E-state index in [9.17, 15) is 4.39 Å². The van der Waals surface area contributed by atoms with E-state index in [0.29, 0.717) is 11.6 Å². The van der Waals surface area contributed by atoms with Crippen molar-refractivity contribution in [3.63, 3.8) is 0 Å². The number of halogens is 3. The van der Waals surface area contributed by atoms with Crippen molar-refractivity contribution in [2.24, 2.45) is 4.99 Å². The molecule has 1 aromatic carbocycles. The second-order valence-corrected chi connectivity index (χ2v) is 6.92. The van der Waals surface area contributed by atoms with Crippen LogP contribution in [0.3, 0.4) is 0 Å². The van der Waals surface area contributed by atoms with Crippen molar-refractivity contribution in [2.45, 2.75) is 32.2 Å². The summed E-state index contributed by atoms with van der Waals surface area (Å²) in [5.74, 6) is 0.407. The third kappa shape index (κ3) is 6.75. The monoisotopic (exact) mass is 493 g/mol. The molecular weight excluding hydrogens is 468 g/mol. The molecule has 26 heavy (non-hydrogen) atoms. The zero-order chi connectivity index (χ0) is 18.3. The van der Waals surface area contributed by atoms with Gasteiger partial charge in [-0.05, 0) is 24.1 Å². The maximum absolute atomic E-state index is 13.2. The van der Waals surface area contributed by atoms with E-state index < -0.39 is 0 Å². The Morgan fingerprint density at radius 2 is 2.12 bits per heavy atom. The lowest BCUT2D eigenvalue weighted by molar-refractivity contribution is 0.506. The Balaban J connectivity index is 0.00000338. The average Bonchev–Trinajstić information content (AvgIpc) is 3.07. The minimum absolute atomic E-state index is 0. The minimum atomic E-state index is -0.326. The number of aliphatic imine (C=N–C) groups is 1. The van der Waals surface area contributed by atoms with Crippen LogP contribution in [0.15, 0.2) is 41.9 Å². The van der Waals surface area contributed by atoms with Crippen molar-refractivity contribution in [1.29, 1.82) is 0 Å². The van der Waals surface area contributed by atoms with Crippen LogP contribution in [-0.4, -0.2) is 35.6 Å². The highest BCUT2D eigenvalue weighted by Gasteiger charge is 2.24. The Labute approximate surface area is 176 Å². The summed E-state index contributed by atoms with van der Waals surface area (Å²) in [7, 11) is 1.74. The molecule has 0 aliphatic heterocycles. The van der Waals surface area contributed by atoms with Gasteiger partial charge in [-0.25, -0.2) is 9.37 Å². The molecule has 1 aromatic heterocycles. The average molecular weight is 494 g/mol. The van der Waals surface area contributed by atoms with E-state index in [2.05, 4.69) is 34.5 Å². The number of imidazole rings is 1. The zero-order valence-corrected chi connectivity index (χ0v) is 18.4. The molecule has 2 N–H and O–H groups in total. The van der Waals surface area contributed by atoms with Crippen LogP contribution in [-0.2, 0) is 12.0 Å². The summed E-state index contributed by atoms with van der Waals surface area (Å²) < 4.78 is 15.3. The SMILES string of the molecule is CN=C(NCCCn1ccnc1)NCC(C)(C)c1ccc(F)cc1Cl.I. The molecule has 0 unspecified atom stereocenters. The molecule has 5 nitrogen and oxygen atoms in total. The number of nitrogens with one attached hydrogen (secondary N) is 2. The summed E-state index contributed by atoms with van der Waals surface area (Å²) in [5, 5.41) is 7.04. The van der Waals surface area contributed by atoms with Gasteiger partial charge in [-0.2, -0.15) is 0 Å². The van der Waals surface area contributed by atoms with Gasteiger partial charge in [0.2, 0.25) is 0 Å². The molecule has 0 amide bonds. The number of aryl methyl sites for hydroxylation is 1. The van der Waals surface area contributed by atoms with E-state index in [-0.39, 0.29) is 35.2 Å². The van der Waals surface area contributed by atoms with Crippen LogP contribution < -0.4 is 10.6 Å². The van der Waals surface area contributed by atoms with Crippen molar-refractivity contribution in [3.8, 4) is 0 Å². The van der Waals surface area contributed by atoms with Crippen molar-refractivity contribution in [2.75, 3.05) is 20.1 Å². The van der Waals surface area contributed by atoms with Gasteiger partial charge in [0.15, 0.2) is 5.96 Å². The number of hydrogen-bond donors (Lipinski definition) is 2. The van der Waals surface area contributed by atoms with Gasteiger partial charge >= 0.3 is 0 Å². The van der Waals surface area contributed by atoms with Crippen LogP contribution in [0.5, 0.6) is 0 Å². The number of hydrogen-bond acceptors (Lipinski definition) is 2. The normalized spacial score (nSPS) is 11.8. The van der Waals surface area contributed by atoms with Crippen LogP contribution in [0.25, 0.3) is 0 Å². The summed E-state index contributed by atoms with van der Waals surface area (Å²) in [5.41, 5.74) is 0.637. The lowest BCUT2D eigenvalue weighted by Gasteiger charge is -2.27. The lowest BCUT2D eigenvalue weighted by Crippen LogP contribution is -2.43. The molecule has 0 radical (unpaired) electrons. The third-order valence-corrected chi connectivity index (χ3v) is 4.34. The molecule has 144 valence electrons. The standard InChI is InChI=1S/C18H25ClFN5.HI/c1-18(2,15-6-5-14(20)11-16(15)19)12-24-17(21-3)23-7-4-9-25-10-8-22-13-25;/h5-6,8,10-11,13H,4,7,9,12H2,1-3H3,(H2,21,23,24);1H. The highest BCUT2D eigenvalue weighted by atomic mass is 127. The Kier molecular flexibility index (Phi) is 9.35. The van der Waals surface area contributed by atoms with Gasteiger partial charge in [-0.1, -0.05) is 31.5 Å². The summed E-state index contributed by atoms with van der Waals surface area (Å²) in [6.07, 6.45) is 6.49. The highest BCUT2D eigenvalue weighted by Crippen LogP contribution is 2.29. The van der Waals surface area contributed by atoms with Gasteiger partial charge in [-0.15, -0.1) is 24.0 Å². The molecule has 8 heteroatoms. The molecule has 2 aromatic rings. The van der Waals surface area contributed by atoms with E-state index in [1.807, 2.05) is 17.1 Å². The quantitative estimate of drug-likeness (QED) is 0.267. The molecule has 0 aliphatic carbocycles. The highest BCUT2D eigenvalue weighted by molar-refractivity contribution is 14.0. The molecule has 1 heterocycles. The van der Waals surface area contributed by atoms with Crippen molar-refractivity contribution in [3.05, 3.63) is 53.3 Å². The van der Waals surface area contributed by atoms with Crippen LogP contribution in [0.4, 0.5) is 4.39 Å². The van der Waals surface area contributed by atoms with E-state index >= 15 is 0 Å². The first-order chi connectivity index (χ1) is 11.9. The zero-order valence-electron chi connectivity index (χ0n) is 15.3. The first-order valence-electron chi connectivity index (χ1n) is 8.28. The third-order valence-electron chi connectivity index (χ3n) is 4.03. The van der Waals surface area contributed by atoms with E-state index in [1.54, 1.807) is 19.3 Å². The molecule has 0 saturated heterocycles.